The summed E-state index contributed by atoms with van der Waals surface area (Å²) in [6, 6.07) is 0. The Morgan fingerprint density at radius 3 is 1.76 bits per heavy atom. The molecule has 0 fully saturated rings. The number of hydrogen-bond acceptors (Lipinski definition) is 2. The van der Waals surface area contributed by atoms with Gasteiger partial charge in [-0.3, -0.25) is 0 Å². The van der Waals surface area contributed by atoms with E-state index >= 15 is 0 Å². The van der Waals surface area contributed by atoms with E-state index in [1.54, 1.807) is 6.92 Å². The molecule has 0 radical (unpaired) electrons. The number of carboxylic acids is 1. The highest BCUT2D eigenvalue weighted by atomic mass is 16.5. The fraction of sp³-hybridized carbons (Fsp3) is 0.591. The predicted molar refractivity (Wildman–Crippen MR) is 107 cm³/mol. The van der Waals surface area contributed by atoms with Crippen molar-refractivity contribution in [1.29, 1.82) is 0 Å². The van der Waals surface area contributed by atoms with Crippen molar-refractivity contribution in [2.75, 3.05) is 6.61 Å². The SMILES string of the molecule is CCO/C(C(=O)O)=C(/C)CC/C=C(\C)CC/C=C(\C)CCC=C(C)C. The van der Waals surface area contributed by atoms with Crippen molar-refractivity contribution in [2.45, 2.75) is 80.1 Å². The number of aliphatic carboxylic acids is 1. The van der Waals surface area contributed by atoms with Crippen LogP contribution in [0.1, 0.15) is 80.1 Å². The van der Waals surface area contributed by atoms with E-state index in [9.17, 15) is 4.79 Å². The molecule has 0 aliphatic rings. The molecule has 0 unspecified atom stereocenters. The van der Waals surface area contributed by atoms with Crippen molar-refractivity contribution in [3.63, 3.8) is 0 Å². The molecule has 0 saturated heterocycles. The Morgan fingerprint density at radius 2 is 1.32 bits per heavy atom. The second kappa shape index (κ2) is 13.5. The Balaban J connectivity index is 4.31. The van der Waals surface area contributed by atoms with Crippen molar-refractivity contribution in [3.8, 4) is 0 Å². The van der Waals surface area contributed by atoms with Gasteiger partial charge in [0.15, 0.2) is 0 Å². The van der Waals surface area contributed by atoms with Crippen LogP contribution >= 0.6 is 0 Å². The van der Waals surface area contributed by atoms with E-state index in [1.165, 1.54) is 16.7 Å². The first-order chi connectivity index (χ1) is 11.8. The second-order valence-electron chi connectivity index (χ2n) is 6.85. The maximum atomic E-state index is 11.1. The molecule has 0 heterocycles. The maximum absolute atomic E-state index is 11.1. The Kier molecular flexibility index (Phi) is 12.6. The highest BCUT2D eigenvalue weighted by Crippen LogP contribution is 2.16. The molecule has 1 N–H and O–H groups in total. The van der Waals surface area contributed by atoms with Gasteiger partial charge in [-0.15, -0.1) is 0 Å². The summed E-state index contributed by atoms with van der Waals surface area (Å²) < 4.78 is 5.21. The van der Waals surface area contributed by atoms with E-state index in [1.807, 2.05) is 6.92 Å². The summed E-state index contributed by atoms with van der Waals surface area (Å²) in [5, 5.41) is 9.13. The monoisotopic (exact) mass is 348 g/mol. The molecule has 0 saturated carbocycles. The third-order valence-corrected chi connectivity index (χ3v) is 4.01. The number of rotatable bonds is 12. The molecule has 0 aromatic heterocycles. The van der Waals surface area contributed by atoms with Gasteiger partial charge in [0.25, 0.3) is 0 Å². The normalized spacial score (nSPS) is 13.4. The average Bonchev–Trinajstić information content (AvgIpc) is 2.51. The fourth-order valence-corrected chi connectivity index (χ4v) is 2.50. The van der Waals surface area contributed by atoms with Gasteiger partial charge in [0, 0.05) is 0 Å². The van der Waals surface area contributed by atoms with Crippen LogP contribution in [0, 0.1) is 0 Å². The topological polar surface area (TPSA) is 46.5 Å². The predicted octanol–water partition coefficient (Wildman–Crippen LogP) is 6.58. The van der Waals surface area contributed by atoms with E-state index in [2.05, 4.69) is 45.9 Å². The molecular formula is C22H36O3. The lowest BCUT2D eigenvalue weighted by Gasteiger charge is -2.08. The van der Waals surface area contributed by atoms with E-state index in [0.29, 0.717) is 6.61 Å². The minimum atomic E-state index is -0.978. The third kappa shape index (κ3) is 12.3. The molecule has 0 atom stereocenters. The minimum absolute atomic E-state index is 0.100. The molecule has 0 aliphatic heterocycles. The van der Waals surface area contributed by atoms with Gasteiger partial charge in [0.2, 0.25) is 5.76 Å². The standard InChI is InChI=1S/C22H36O3/c1-7-25-21(22(23)24)20(6)16-10-15-19(5)14-9-13-18(4)12-8-11-17(2)3/h11,13,15H,7-10,12,14,16H2,1-6H3,(H,23,24)/b18-13+,19-15+,21-20-. The van der Waals surface area contributed by atoms with Crippen LogP contribution in [-0.4, -0.2) is 17.7 Å². The molecule has 0 aromatic rings. The van der Waals surface area contributed by atoms with Gasteiger partial charge in [-0.25, -0.2) is 4.79 Å². The molecular weight excluding hydrogens is 312 g/mol. The molecule has 0 spiro atoms. The number of hydrogen-bond donors (Lipinski definition) is 1. The summed E-state index contributed by atoms with van der Waals surface area (Å²) >= 11 is 0. The summed E-state index contributed by atoms with van der Waals surface area (Å²) in [6.07, 6.45) is 12.8. The van der Waals surface area contributed by atoms with Gasteiger partial charge in [0.05, 0.1) is 6.61 Å². The summed E-state index contributed by atoms with van der Waals surface area (Å²) in [4.78, 5) is 11.1. The highest BCUT2D eigenvalue weighted by Gasteiger charge is 2.11. The molecule has 3 nitrogen and oxygen atoms in total. The smallest absolute Gasteiger partial charge is 0.371 e. The first-order valence-electron chi connectivity index (χ1n) is 9.28. The zero-order chi connectivity index (χ0) is 19.2. The van der Waals surface area contributed by atoms with Gasteiger partial charge < -0.3 is 9.84 Å². The lowest BCUT2D eigenvalue weighted by molar-refractivity contribution is -0.136. The van der Waals surface area contributed by atoms with E-state index in [4.69, 9.17) is 9.84 Å². The molecule has 3 heteroatoms. The lowest BCUT2D eigenvalue weighted by Crippen LogP contribution is -2.07. The van der Waals surface area contributed by atoms with Crippen LogP contribution in [-0.2, 0) is 9.53 Å². The molecule has 0 aliphatic carbocycles. The van der Waals surface area contributed by atoms with E-state index < -0.39 is 5.97 Å². The van der Waals surface area contributed by atoms with Crippen molar-refractivity contribution in [1.82, 2.24) is 0 Å². The van der Waals surface area contributed by atoms with Crippen molar-refractivity contribution < 1.29 is 14.6 Å². The first kappa shape index (κ1) is 23.2. The fourth-order valence-electron chi connectivity index (χ4n) is 2.50. The number of allylic oxidation sites excluding steroid dienone is 7. The Labute approximate surface area is 154 Å². The van der Waals surface area contributed by atoms with Gasteiger partial charge in [-0.1, -0.05) is 34.9 Å². The van der Waals surface area contributed by atoms with Crippen LogP contribution in [0.25, 0.3) is 0 Å². The molecule has 0 aromatic carbocycles. The number of carbonyl (C=O) groups is 1. The zero-order valence-corrected chi connectivity index (χ0v) is 16.9. The van der Waals surface area contributed by atoms with Crippen LogP contribution in [0.5, 0.6) is 0 Å². The largest absolute Gasteiger partial charge is 0.487 e. The van der Waals surface area contributed by atoms with Gasteiger partial charge in [-0.2, -0.15) is 0 Å². The molecule has 0 bridgehead atoms. The Morgan fingerprint density at radius 1 is 0.840 bits per heavy atom. The summed E-state index contributed by atoms with van der Waals surface area (Å²) in [5.74, 6) is -0.878. The van der Waals surface area contributed by atoms with E-state index in [-0.39, 0.29) is 5.76 Å². The summed E-state index contributed by atoms with van der Waals surface area (Å²) in [5.41, 5.74) is 4.99. The molecule has 25 heavy (non-hydrogen) atoms. The second-order valence-corrected chi connectivity index (χ2v) is 6.85. The third-order valence-electron chi connectivity index (χ3n) is 4.01. The van der Waals surface area contributed by atoms with Crippen LogP contribution in [0.3, 0.4) is 0 Å². The van der Waals surface area contributed by atoms with Crippen LogP contribution in [0.2, 0.25) is 0 Å². The van der Waals surface area contributed by atoms with Crippen LogP contribution in [0.15, 0.2) is 46.3 Å². The van der Waals surface area contributed by atoms with Crippen LogP contribution in [0.4, 0.5) is 0 Å². The van der Waals surface area contributed by atoms with Crippen molar-refractivity contribution in [3.05, 3.63) is 46.3 Å². The summed E-state index contributed by atoms with van der Waals surface area (Å²) in [7, 11) is 0. The Bertz CT molecular complexity index is 529. The number of carboxylic acid groups (broad SMARTS) is 1. The Hall–Kier alpha value is -1.77. The van der Waals surface area contributed by atoms with Crippen LogP contribution < -0.4 is 0 Å². The molecule has 142 valence electrons. The van der Waals surface area contributed by atoms with Crippen molar-refractivity contribution >= 4 is 5.97 Å². The quantitative estimate of drug-likeness (QED) is 0.246. The summed E-state index contributed by atoms with van der Waals surface area (Å²) in [6.45, 7) is 12.6. The average molecular weight is 349 g/mol. The molecule has 0 rings (SSSR count). The van der Waals surface area contributed by atoms with Gasteiger partial charge >= 0.3 is 5.97 Å². The minimum Gasteiger partial charge on any atom is -0.487 e. The molecule has 0 amide bonds. The first-order valence-corrected chi connectivity index (χ1v) is 9.28. The lowest BCUT2D eigenvalue weighted by atomic mass is 10.0. The van der Waals surface area contributed by atoms with Crippen molar-refractivity contribution in [2.24, 2.45) is 0 Å². The van der Waals surface area contributed by atoms with Gasteiger partial charge in [-0.05, 0) is 85.6 Å². The zero-order valence-electron chi connectivity index (χ0n) is 16.9. The van der Waals surface area contributed by atoms with Gasteiger partial charge in [0.1, 0.15) is 0 Å². The maximum Gasteiger partial charge on any atom is 0.371 e. The number of ether oxygens (including phenoxy) is 1. The van der Waals surface area contributed by atoms with E-state index in [0.717, 1.165) is 44.1 Å². The highest BCUT2D eigenvalue weighted by molar-refractivity contribution is 5.85.